The molecule has 0 aromatic heterocycles. The van der Waals surface area contributed by atoms with Gasteiger partial charge in [-0.3, -0.25) is 4.31 Å². The van der Waals surface area contributed by atoms with Crippen molar-refractivity contribution in [3.8, 4) is 0 Å². The van der Waals surface area contributed by atoms with Crippen LogP contribution in [0, 0.1) is 5.82 Å². The van der Waals surface area contributed by atoms with Gasteiger partial charge in [0.05, 0.1) is 23.2 Å². The zero-order valence-corrected chi connectivity index (χ0v) is 13.0. The molecular formula is C16H18FNO3S. The molecule has 0 fully saturated rings. The maximum absolute atomic E-state index is 13.4. The molecule has 118 valence electrons. The molecule has 22 heavy (non-hydrogen) atoms. The van der Waals surface area contributed by atoms with Gasteiger partial charge >= 0.3 is 0 Å². The summed E-state index contributed by atoms with van der Waals surface area (Å²) >= 11 is 0. The Balaban J connectivity index is 2.48. The van der Waals surface area contributed by atoms with E-state index in [4.69, 9.17) is 0 Å². The number of halogens is 1. The molecule has 0 saturated heterocycles. The van der Waals surface area contributed by atoms with Gasteiger partial charge in [-0.25, -0.2) is 12.8 Å². The van der Waals surface area contributed by atoms with E-state index in [2.05, 4.69) is 0 Å². The number of nitrogens with zero attached hydrogens (tertiary/aromatic N) is 1. The van der Waals surface area contributed by atoms with Gasteiger partial charge < -0.3 is 5.11 Å². The monoisotopic (exact) mass is 323 g/mol. The van der Waals surface area contributed by atoms with Crippen LogP contribution in [-0.4, -0.2) is 26.2 Å². The van der Waals surface area contributed by atoms with E-state index in [0.717, 1.165) is 10.4 Å². The molecule has 0 radical (unpaired) electrons. The molecule has 4 nitrogen and oxygen atoms in total. The van der Waals surface area contributed by atoms with E-state index in [-0.39, 0.29) is 11.4 Å². The lowest BCUT2D eigenvalue weighted by molar-refractivity contribution is 0.179. The summed E-state index contributed by atoms with van der Waals surface area (Å²) in [7, 11) is -3.95. The van der Waals surface area contributed by atoms with Gasteiger partial charge in [0.2, 0.25) is 0 Å². The quantitative estimate of drug-likeness (QED) is 0.889. The molecule has 2 aromatic rings. The second kappa shape index (κ2) is 6.89. The molecule has 1 N–H and O–H groups in total. The van der Waals surface area contributed by atoms with Gasteiger partial charge in [-0.15, -0.1) is 0 Å². The summed E-state index contributed by atoms with van der Waals surface area (Å²) in [5.74, 6) is -0.620. The first kappa shape index (κ1) is 16.5. The highest BCUT2D eigenvalue weighted by Gasteiger charge is 2.26. The topological polar surface area (TPSA) is 57.6 Å². The van der Waals surface area contributed by atoms with Gasteiger partial charge in [0.25, 0.3) is 10.0 Å². The number of aliphatic hydroxyl groups excluding tert-OH is 1. The molecule has 2 aromatic carbocycles. The molecule has 0 heterocycles. The van der Waals surface area contributed by atoms with Crippen molar-refractivity contribution in [3.63, 3.8) is 0 Å². The number of benzene rings is 2. The Morgan fingerprint density at radius 2 is 1.82 bits per heavy atom. The molecule has 0 aliphatic carbocycles. The van der Waals surface area contributed by atoms with E-state index < -0.39 is 21.9 Å². The fourth-order valence-corrected chi connectivity index (χ4v) is 3.55. The first-order valence-corrected chi connectivity index (χ1v) is 8.40. The SMILES string of the molecule is CCC(O)CN(c1ccccc1)S(=O)(=O)c1cccc(F)c1. The van der Waals surface area contributed by atoms with Gasteiger partial charge in [-0.05, 0) is 36.8 Å². The van der Waals surface area contributed by atoms with Gasteiger partial charge in [-0.2, -0.15) is 0 Å². The van der Waals surface area contributed by atoms with E-state index in [1.807, 2.05) is 0 Å². The van der Waals surface area contributed by atoms with Crippen molar-refractivity contribution >= 4 is 15.7 Å². The lowest BCUT2D eigenvalue weighted by atomic mass is 10.2. The Hall–Kier alpha value is -1.92. The molecule has 1 atom stereocenters. The van der Waals surface area contributed by atoms with E-state index in [1.165, 1.54) is 18.2 Å². The number of hydrogen-bond donors (Lipinski definition) is 1. The van der Waals surface area contributed by atoms with E-state index in [0.29, 0.717) is 12.1 Å². The first-order chi connectivity index (χ1) is 10.4. The van der Waals surface area contributed by atoms with Crippen LogP contribution >= 0.6 is 0 Å². The molecule has 0 aliphatic heterocycles. The molecule has 2 rings (SSSR count). The number of anilines is 1. The molecule has 0 bridgehead atoms. The maximum atomic E-state index is 13.4. The number of para-hydroxylation sites is 1. The summed E-state index contributed by atoms with van der Waals surface area (Å²) in [6.45, 7) is 1.68. The van der Waals surface area contributed by atoms with Crippen LogP contribution in [0.2, 0.25) is 0 Å². The Morgan fingerprint density at radius 3 is 2.41 bits per heavy atom. The van der Waals surface area contributed by atoms with Crippen molar-refractivity contribution in [2.24, 2.45) is 0 Å². The predicted molar refractivity (Wildman–Crippen MR) is 83.7 cm³/mol. The first-order valence-electron chi connectivity index (χ1n) is 6.96. The van der Waals surface area contributed by atoms with Crippen molar-refractivity contribution in [2.75, 3.05) is 10.8 Å². The van der Waals surface area contributed by atoms with Crippen LogP contribution in [0.1, 0.15) is 13.3 Å². The summed E-state index contributed by atoms with van der Waals surface area (Å²) < 4.78 is 40.0. The normalized spacial score (nSPS) is 12.9. The van der Waals surface area contributed by atoms with E-state index in [9.17, 15) is 17.9 Å². The molecule has 0 aliphatic rings. The maximum Gasteiger partial charge on any atom is 0.264 e. The highest BCUT2D eigenvalue weighted by atomic mass is 32.2. The molecule has 0 saturated carbocycles. The summed E-state index contributed by atoms with van der Waals surface area (Å²) in [6, 6.07) is 13.3. The molecular weight excluding hydrogens is 305 g/mol. The smallest absolute Gasteiger partial charge is 0.264 e. The van der Waals surface area contributed by atoms with Gasteiger partial charge in [0, 0.05) is 0 Å². The van der Waals surface area contributed by atoms with Crippen LogP contribution in [0.4, 0.5) is 10.1 Å². The van der Waals surface area contributed by atoms with Crippen LogP contribution in [0.5, 0.6) is 0 Å². The Kier molecular flexibility index (Phi) is 5.15. The molecule has 0 spiro atoms. The third-order valence-electron chi connectivity index (χ3n) is 3.28. The lowest BCUT2D eigenvalue weighted by Gasteiger charge is -2.26. The zero-order chi connectivity index (χ0) is 16.2. The second-order valence-corrected chi connectivity index (χ2v) is 6.75. The van der Waals surface area contributed by atoms with Crippen LogP contribution < -0.4 is 4.31 Å². The summed E-state index contributed by atoms with van der Waals surface area (Å²) in [6.07, 6.45) is -0.384. The van der Waals surface area contributed by atoms with E-state index in [1.54, 1.807) is 37.3 Å². The minimum Gasteiger partial charge on any atom is -0.391 e. The number of hydrogen-bond acceptors (Lipinski definition) is 3. The third kappa shape index (κ3) is 3.64. The minimum atomic E-state index is -3.95. The third-order valence-corrected chi connectivity index (χ3v) is 5.07. The lowest BCUT2D eigenvalue weighted by Crippen LogP contribution is -2.37. The van der Waals surface area contributed by atoms with Gasteiger partial charge in [0.1, 0.15) is 5.82 Å². The Labute approximate surface area is 129 Å². The second-order valence-electron chi connectivity index (χ2n) is 4.89. The minimum absolute atomic E-state index is 0.0840. The zero-order valence-electron chi connectivity index (χ0n) is 12.2. The summed E-state index contributed by atoms with van der Waals surface area (Å²) in [5.41, 5.74) is 0.430. The van der Waals surface area contributed by atoms with Crippen molar-refractivity contribution in [2.45, 2.75) is 24.3 Å². The predicted octanol–water partition coefficient (Wildman–Crippen LogP) is 2.79. The highest BCUT2D eigenvalue weighted by Crippen LogP contribution is 2.24. The average molecular weight is 323 g/mol. The van der Waals surface area contributed by atoms with Crippen molar-refractivity contribution in [1.29, 1.82) is 0 Å². The van der Waals surface area contributed by atoms with Crippen LogP contribution in [-0.2, 0) is 10.0 Å². The van der Waals surface area contributed by atoms with Crippen LogP contribution in [0.25, 0.3) is 0 Å². The number of sulfonamides is 1. The molecule has 1 unspecified atom stereocenters. The highest BCUT2D eigenvalue weighted by molar-refractivity contribution is 7.92. The fraction of sp³-hybridized carbons (Fsp3) is 0.250. The van der Waals surface area contributed by atoms with Gasteiger partial charge in [0.15, 0.2) is 0 Å². The fourth-order valence-electron chi connectivity index (χ4n) is 2.01. The van der Waals surface area contributed by atoms with Crippen LogP contribution in [0.3, 0.4) is 0 Å². The van der Waals surface area contributed by atoms with Crippen LogP contribution in [0.15, 0.2) is 59.5 Å². The number of rotatable bonds is 6. The largest absolute Gasteiger partial charge is 0.391 e. The Morgan fingerprint density at radius 1 is 1.14 bits per heavy atom. The average Bonchev–Trinajstić information content (AvgIpc) is 2.53. The number of aliphatic hydroxyl groups is 1. The molecule has 0 amide bonds. The van der Waals surface area contributed by atoms with Crippen molar-refractivity contribution < 1.29 is 17.9 Å². The summed E-state index contributed by atoms with van der Waals surface area (Å²) in [4.78, 5) is -0.139. The Bertz CT molecular complexity index is 719. The van der Waals surface area contributed by atoms with Crippen molar-refractivity contribution in [1.82, 2.24) is 0 Å². The van der Waals surface area contributed by atoms with E-state index >= 15 is 0 Å². The standard InChI is InChI=1S/C16H18FNO3S/c1-2-15(19)12-18(14-8-4-3-5-9-14)22(20,21)16-10-6-7-13(17)11-16/h3-11,15,19H,2,12H2,1H3. The van der Waals surface area contributed by atoms with Crippen molar-refractivity contribution in [3.05, 3.63) is 60.4 Å². The molecule has 6 heteroatoms. The van der Waals surface area contributed by atoms with Gasteiger partial charge in [-0.1, -0.05) is 31.2 Å². The summed E-state index contributed by atoms with van der Waals surface area (Å²) in [5, 5.41) is 9.87.